The van der Waals surface area contributed by atoms with Crippen molar-refractivity contribution in [1.29, 1.82) is 0 Å². The van der Waals surface area contributed by atoms with Crippen LogP contribution in [0.15, 0.2) is 0 Å². The fourth-order valence-corrected chi connectivity index (χ4v) is 6.28. The van der Waals surface area contributed by atoms with Crippen LogP contribution >= 0.6 is 0 Å². The summed E-state index contributed by atoms with van der Waals surface area (Å²) in [6, 6.07) is 0. The maximum absolute atomic E-state index is 11.1. The van der Waals surface area contributed by atoms with E-state index in [4.69, 9.17) is 33.2 Å². The summed E-state index contributed by atoms with van der Waals surface area (Å²) in [6.45, 7) is 4.55. The SMILES string of the molecule is CC1CCCC(OC2OC(CO)C(O)C3OC4(CCCCOC23)COC4)C1OC1OC(C)C(O)C(O)C1O. The molecule has 12 nitrogen and oxygen atoms in total. The minimum Gasteiger partial charge on any atom is -0.394 e. The predicted octanol–water partition coefficient (Wildman–Crippen LogP) is -0.794. The molecule has 0 radical (unpaired) electrons. The van der Waals surface area contributed by atoms with Crippen LogP contribution in [-0.2, 0) is 33.2 Å². The Morgan fingerprint density at radius 2 is 1.61 bits per heavy atom. The Bertz CT molecular complexity index is 767. The fourth-order valence-electron chi connectivity index (χ4n) is 6.28. The van der Waals surface area contributed by atoms with Gasteiger partial charge in [-0.1, -0.05) is 13.3 Å². The summed E-state index contributed by atoms with van der Waals surface area (Å²) in [5.74, 6) is 0.0376. The summed E-state index contributed by atoms with van der Waals surface area (Å²) in [5, 5.41) is 51.9. The second-order valence-corrected chi connectivity index (χ2v) is 11.6. The molecule has 13 unspecified atom stereocenters. The first-order valence-electron chi connectivity index (χ1n) is 14.0. The molecule has 1 aliphatic carbocycles. The molecule has 1 saturated carbocycles. The Morgan fingerprint density at radius 1 is 0.816 bits per heavy atom. The van der Waals surface area contributed by atoms with E-state index in [-0.39, 0.29) is 5.92 Å². The van der Waals surface area contributed by atoms with Gasteiger partial charge in [-0.15, -0.1) is 0 Å². The second kappa shape index (κ2) is 12.2. The molecule has 0 aromatic carbocycles. The van der Waals surface area contributed by atoms with E-state index in [1.165, 1.54) is 0 Å². The molecule has 13 atom stereocenters. The highest BCUT2D eigenvalue weighted by atomic mass is 16.7. The maximum atomic E-state index is 11.1. The van der Waals surface area contributed by atoms with Gasteiger partial charge in [0.05, 0.1) is 38.1 Å². The number of ether oxygens (including phenoxy) is 7. The van der Waals surface area contributed by atoms with Crippen LogP contribution in [0.25, 0.3) is 0 Å². The molecule has 4 saturated heterocycles. The van der Waals surface area contributed by atoms with Gasteiger partial charge < -0.3 is 58.7 Å². The van der Waals surface area contributed by atoms with Gasteiger partial charge in [-0.2, -0.15) is 0 Å². The van der Waals surface area contributed by atoms with Crippen molar-refractivity contribution < 1.29 is 58.7 Å². The molecule has 5 rings (SSSR count). The van der Waals surface area contributed by atoms with E-state index in [9.17, 15) is 25.5 Å². The first-order valence-corrected chi connectivity index (χ1v) is 14.0. The largest absolute Gasteiger partial charge is 0.394 e. The van der Waals surface area contributed by atoms with E-state index in [1.807, 2.05) is 6.92 Å². The van der Waals surface area contributed by atoms with Gasteiger partial charge in [-0.3, -0.25) is 0 Å². The van der Waals surface area contributed by atoms with Crippen molar-refractivity contribution in [1.82, 2.24) is 0 Å². The van der Waals surface area contributed by atoms with Crippen molar-refractivity contribution in [3.8, 4) is 0 Å². The van der Waals surface area contributed by atoms with Crippen LogP contribution in [0.3, 0.4) is 0 Å². The van der Waals surface area contributed by atoms with Gasteiger partial charge in [-0.05, 0) is 44.9 Å². The first-order chi connectivity index (χ1) is 18.2. The van der Waals surface area contributed by atoms with Crippen molar-refractivity contribution >= 4 is 0 Å². The Labute approximate surface area is 223 Å². The van der Waals surface area contributed by atoms with Crippen LogP contribution in [0.5, 0.6) is 0 Å². The van der Waals surface area contributed by atoms with E-state index in [1.54, 1.807) is 6.92 Å². The van der Waals surface area contributed by atoms with Gasteiger partial charge in [0, 0.05) is 6.61 Å². The van der Waals surface area contributed by atoms with E-state index in [0.29, 0.717) is 26.2 Å². The summed E-state index contributed by atoms with van der Waals surface area (Å²) < 4.78 is 42.6. The summed E-state index contributed by atoms with van der Waals surface area (Å²) in [7, 11) is 0. The molecule has 4 aliphatic heterocycles. The highest BCUT2D eigenvalue weighted by Gasteiger charge is 2.54. The summed E-state index contributed by atoms with van der Waals surface area (Å²) in [6.07, 6.45) is -6.52. The molecule has 220 valence electrons. The van der Waals surface area contributed by atoms with Crippen molar-refractivity contribution in [2.24, 2.45) is 5.92 Å². The molecule has 4 heterocycles. The number of rotatable bonds is 5. The lowest BCUT2D eigenvalue weighted by molar-refractivity contribution is -0.364. The molecule has 12 heteroatoms. The highest BCUT2D eigenvalue weighted by molar-refractivity contribution is 4.98. The first kappa shape index (κ1) is 29.0. The number of aliphatic hydroxyl groups excluding tert-OH is 5. The van der Waals surface area contributed by atoms with E-state index < -0.39 is 85.8 Å². The Balaban J connectivity index is 1.34. The fraction of sp³-hybridized carbons (Fsp3) is 1.00. The van der Waals surface area contributed by atoms with Crippen LogP contribution in [0.1, 0.15) is 52.4 Å². The molecule has 0 bridgehead atoms. The van der Waals surface area contributed by atoms with Crippen molar-refractivity contribution in [3.05, 3.63) is 0 Å². The number of aliphatic hydroxyl groups is 5. The minimum absolute atomic E-state index is 0.0376. The van der Waals surface area contributed by atoms with Crippen LogP contribution in [-0.4, -0.2) is 131 Å². The zero-order valence-electron chi connectivity index (χ0n) is 22.2. The molecule has 38 heavy (non-hydrogen) atoms. The smallest absolute Gasteiger partial charge is 0.187 e. The minimum atomic E-state index is -1.42. The van der Waals surface area contributed by atoms with Gasteiger partial charge in [-0.25, -0.2) is 0 Å². The van der Waals surface area contributed by atoms with Gasteiger partial charge in [0.25, 0.3) is 0 Å². The Kier molecular flexibility index (Phi) is 9.30. The molecule has 0 aromatic heterocycles. The van der Waals surface area contributed by atoms with Gasteiger partial charge in [0.1, 0.15) is 48.3 Å². The summed E-state index contributed by atoms with van der Waals surface area (Å²) in [4.78, 5) is 0. The van der Waals surface area contributed by atoms with Crippen LogP contribution in [0.2, 0.25) is 0 Å². The maximum Gasteiger partial charge on any atom is 0.187 e. The lowest BCUT2D eigenvalue weighted by atomic mass is 9.85. The monoisotopic (exact) mass is 548 g/mol. The van der Waals surface area contributed by atoms with E-state index >= 15 is 0 Å². The highest BCUT2D eigenvalue weighted by Crippen LogP contribution is 2.39. The molecular weight excluding hydrogens is 504 g/mol. The number of fused-ring (bicyclic) bond motifs is 1. The van der Waals surface area contributed by atoms with Crippen molar-refractivity contribution in [2.75, 3.05) is 26.4 Å². The quantitative estimate of drug-likeness (QED) is 0.291. The van der Waals surface area contributed by atoms with Gasteiger partial charge in [0.15, 0.2) is 12.6 Å². The average Bonchev–Trinajstić information content (AvgIpc) is 2.98. The lowest BCUT2D eigenvalue weighted by Gasteiger charge is -2.50. The molecular formula is C26H44O12. The summed E-state index contributed by atoms with van der Waals surface area (Å²) >= 11 is 0. The lowest BCUT2D eigenvalue weighted by Crippen LogP contribution is -2.66. The van der Waals surface area contributed by atoms with Crippen LogP contribution < -0.4 is 0 Å². The standard InChI is InChI=1S/C26H44O12/c1-13-6-5-7-15(21(13)37-24-20(31)19(30)17(28)14(2)34-24)35-25-23-22(18(29)16(10-27)36-25)38-26(11-32-12-26)8-3-4-9-33-23/h13-25,27-31H,3-12H2,1-2H3. The molecule has 5 N–H and O–H groups in total. The number of hydrogen-bond acceptors (Lipinski definition) is 12. The van der Waals surface area contributed by atoms with Gasteiger partial charge >= 0.3 is 0 Å². The van der Waals surface area contributed by atoms with Crippen molar-refractivity contribution in [3.63, 3.8) is 0 Å². The Morgan fingerprint density at radius 3 is 2.32 bits per heavy atom. The molecule has 1 spiro atoms. The topological polar surface area (TPSA) is 166 Å². The number of hydrogen-bond donors (Lipinski definition) is 5. The van der Waals surface area contributed by atoms with Crippen LogP contribution in [0, 0.1) is 5.92 Å². The predicted molar refractivity (Wildman–Crippen MR) is 129 cm³/mol. The van der Waals surface area contributed by atoms with Crippen molar-refractivity contribution in [2.45, 2.75) is 132 Å². The van der Waals surface area contributed by atoms with E-state index in [2.05, 4.69) is 0 Å². The van der Waals surface area contributed by atoms with E-state index in [0.717, 1.165) is 32.1 Å². The zero-order chi connectivity index (χ0) is 27.0. The third kappa shape index (κ3) is 5.79. The Hall–Kier alpha value is -0.480. The average molecular weight is 549 g/mol. The third-order valence-corrected chi connectivity index (χ3v) is 8.74. The molecule has 5 aliphatic rings. The summed E-state index contributed by atoms with van der Waals surface area (Å²) in [5.41, 5.74) is -0.499. The third-order valence-electron chi connectivity index (χ3n) is 8.74. The zero-order valence-corrected chi connectivity index (χ0v) is 22.2. The van der Waals surface area contributed by atoms with Gasteiger partial charge in [0.2, 0.25) is 0 Å². The normalized spacial score (nSPS) is 49.8. The van der Waals surface area contributed by atoms with Crippen LogP contribution in [0.4, 0.5) is 0 Å². The molecule has 5 fully saturated rings. The molecule has 0 aromatic rings. The second-order valence-electron chi connectivity index (χ2n) is 11.6. The molecule has 0 amide bonds.